The van der Waals surface area contributed by atoms with Gasteiger partial charge in [0.05, 0.1) is 0 Å². The largest absolute Gasteiger partial charge is 0.311 e. The van der Waals surface area contributed by atoms with Crippen LogP contribution in [0.15, 0.2) is 18.2 Å². The van der Waals surface area contributed by atoms with Gasteiger partial charge in [0.1, 0.15) is 5.82 Å². The van der Waals surface area contributed by atoms with E-state index in [9.17, 15) is 4.39 Å². The quantitative estimate of drug-likeness (QED) is 0.905. The van der Waals surface area contributed by atoms with Gasteiger partial charge in [-0.15, -0.1) is 0 Å². The molecule has 0 amide bonds. The lowest BCUT2D eigenvalue weighted by Crippen LogP contribution is -2.56. The molecule has 3 unspecified atom stereocenters. The summed E-state index contributed by atoms with van der Waals surface area (Å²) in [5.41, 5.74) is 1.80. The average molecular weight is 292 g/mol. The van der Waals surface area contributed by atoms with Crippen LogP contribution in [0.5, 0.6) is 0 Å². The van der Waals surface area contributed by atoms with Gasteiger partial charge in [0.2, 0.25) is 0 Å². The minimum absolute atomic E-state index is 0.0964. The zero-order valence-corrected chi connectivity index (χ0v) is 14.0. The zero-order valence-electron chi connectivity index (χ0n) is 14.0. The van der Waals surface area contributed by atoms with Gasteiger partial charge in [-0.3, -0.25) is 4.90 Å². The summed E-state index contributed by atoms with van der Waals surface area (Å²) in [4.78, 5) is 2.51. The molecule has 118 valence electrons. The van der Waals surface area contributed by atoms with E-state index in [1.54, 1.807) is 6.07 Å². The fourth-order valence-electron chi connectivity index (χ4n) is 3.28. The summed E-state index contributed by atoms with van der Waals surface area (Å²) in [6, 6.07) is 6.93. The van der Waals surface area contributed by atoms with Crippen LogP contribution in [0.3, 0.4) is 0 Å². The highest BCUT2D eigenvalue weighted by molar-refractivity contribution is 5.25. The normalized spacial score (nSPS) is 25.3. The summed E-state index contributed by atoms with van der Waals surface area (Å²) in [5, 5.41) is 3.64. The van der Waals surface area contributed by atoms with E-state index < -0.39 is 0 Å². The van der Waals surface area contributed by atoms with E-state index in [-0.39, 0.29) is 11.9 Å². The van der Waals surface area contributed by atoms with Crippen molar-refractivity contribution in [2.45, 2.75) is 59.2 Å². The smallest absolute Gasteiger partial charge is 0.126 e. The molecule has 0 aliphatic carbocycles. The fraction of sp³-hybridized carbons (Fsp3) is 0.667. The first kappa shape index (κ1) is 16.4. The molecule has 0 aromatic heterocycles. The monoisotopic (exact) mass is 292 g/mol. The first-order valence-electron chi connectivity index (χ1n) is 8.13. The van der Waals surface area contributed by atoms with E-state index in [2.05, 4.69) is 44.0 Å². The molecule has 21 heavy (non-hydrogen) atoms. The molecule has 1 N–H and O–H groups in total. The predicted molar refractivity (Wildman–Crippen MR) is 87.0 cm³/mol. The lowest BCUT2D eigenvalue weighted by atomic mass is 9.96. The highest BCUT2D eigenvalue weighted by Crippen LogP contribution is 2.26. The Hall–Kier alpha value is -0.930. The maximum absolute atomic E-state index is 13.8. The molecule has 3 atom stereocenters. The van der Waals surface area contributed by atoms with Gasteiger partial charge in [-0.05, 0) is 50.3 Å². The van der Waals surface area contributed by atoms with Crippen molar-refractivity contribution in [2.75, 3.05) is 13.1 Å². The van der Waals surface area contributed by atoms with Crippen LogP contribution in [-0.2, 0) is 0 Å². The van der Waals surface area contributed by atoms with Crippen LogP contribution in [0.2, 0.25) is 0 Å². The summed E-state index contributed by atoms with van der Waals surface area (Å²) >= 11 is 0. The molecule has 2 nitrogen and oxygen atoms in total. The second-order valence-electron chi connectivity index (χ2n) is 6.97. The third kappa shape index (κ3) is 4.04. The Morgan fingerprint density at radius 1 is 1.33 bits per heavy atom. The molecule has 1 heterocycles. The third-order valence-corrected chi connectivity index (χ3v) is 4.63. The number of hydrogen-bond donors (Lipinski definition) is 1. The van der Waals surface area contributed by atoms with Crippen LogP contribution in [0.1, 0.15) is 51.3 Å². The van der Waals surface area contributed by atoms with E-state index in [0.717, 1.165) is 24.2 Å². The molecule has 1 aromatic carbocycles. The van der Waals surface area contributed by atoms with E-state index >= 15 is 0 Å². The highest BCUT2D eigenvalue weighted by atomic mass is 19.1. The van der Waals surface area contributed by atoms with Crippen molar-refractivity contribution in [3.05, 3.63) is 35.1 Å². The molecule has 1 fully saturated rings. The highest BCUT2D eigenvalue weighted by Gasteiger charge is 2.29. The summed E-state index contributed by atoms with van der Waals surface area (Å²) in [6.07, 6.45) is 1.19. The van der Waals surface area contributed by atoms with Gasteiger partial charge in [0.15, 0.2) is 0 Å². The average Bonchev–Trinajstić information content (AvgIpc) is 2.42. The second kappa shape index (κ2) is 6.89. The molecule has 1 saturated heterocycles. The van der Waals surface area contributed by atoms with Crippen LogP contribution in [-0.4, -0.2) is 30.1 Å². The fourth-order valence-corrected chi connectivity index (χ4v) is 3.28. The Morgan fingerprint density at radius 2 is 2.05 bits per heavy atom. The first-order chi connectivity index (χ1) is 9.88. The van der Waals surface area contributed by atoms with Gasteiger partial charge in [-0.2, -0.15) is 0 Å². The Bertz CT molecular complexity index is 472. The molecule has 0 radical (unpaired) electrons. The molecule has 1 aliphatic heterocycles. The van der Waals surface area contributed by atoms with Gasteiger partial charge >= 0.3 is 0 Å². The number of hydrogen-bond acceptors (Lipinski definition) is 2. The summed E-state index contributed by atoms with van der Waals surface area (Å²) in [7, 11) is 0. The minimum atomic E-state index is -0.0964. The second-order valence-corrected chi connectivity index (χ2v) is 6.97. The van der Waals surface area contributed by atoms with E-state index in [1.807, 2.05) is 13.0 Å². The van der Waals surface area contributed by atoms with Gasteiger partial charge < -0.3 is 5.32 Å². The molecule has 1 aliphatic rings. The third-order valence-electron chi connectivity index (χ3n) is 4.63. The van der Waals surface area contributed by atoms with Crippen molar-refractivity contribution in [1.29, 1.82) is 0 Å². The number of rotatable bonds is 4. The van der Waals surface area contributed by atoms with Crippen molar-refractivity contribution in [1.82, 2.24) is 10.2 Å². The lowest BCUT2D eigenvalue weighted by Gasteiger charge is -2.43. The minimum Gasteiger partial charge on any atom is -0.311 e. The standard InChI is InChI=1S/C18H29FN2/c1-12(2)8-17-11-21(14(4)10-20-17)15(5)16-7-6-13(3)18(19)9-16/h6-7,9,12,14-15,17,20H,8,10-11H2,1-5H3. The number of nitrogens with one attached hydrogen (secondary N) is 1. The summed E-state index contributed by atoms with van der Waals surface area (Å²) in [6.45, 7) is 12.8. The Balaban J connectivity index is 2.11. The summed E-state index contributed by atoms with van der Waals surface area (Å²) < 4.78 is 13.8. The van der Waals surface area contributed by atoms with Crippen LogP contribution < -0.4 is 5.32 Å². The van der Waals surface area contributed by atoms with Gasteiger partial charge in [-0.1, -0.05) is 26.0 Å². The number of piperazine rings is 1. The van der Waals surface area contributed by atoms with Crippen LogP contribution >= 0.6 is 0 Å². The Kier molecular flexibility index (Phi) is 5.39. The lowest BCUT2D eigenvalue weighted by molar-refractivity contribution is 0.0922. The predicted octanol–water partition coefficient (Wildman–Crippen LogP) is 3.90. The number of aryl methyl sites for hydroxylation is 1. The Labute approximate surface area is 128 Å². The van der Waals surface area contributed by atoms with E-state index in [0.29, 0.717) is 18.0 Å². The van der Waals surface area contributed by atoms with Crippen molar-refractivity contribution >= 4 is 0 Å². The van der Waals surface area contributed by atoms with Gasteiger partial charge in [0.25, 0.3) is 0 Å². The van der Waals surface area contributed by atoms with Crippen molar-refractivity contribution < 1.29 is 4.39 Å². The van der Waals surface area contributed by atoms with Crippen LogP contribution in [0.4, 0.5) is 4.39 Å². The molecule has 0 spiro atoms. The van der Waals surface area contributed by atoms with Crippen LogP contribution in [0.25, 0.3) is 0 Å². The van der Waals surface area contributed by atoms with Crippen molar-refractivity contribution in [2.24, 2.45) is 5.92 Å². The SMILES string of the molecule is Cc1ccc(C(C)N2CC(CC(C)C)NCC2C)cc1F. The maximum atomic E-state index is 13.8. The number of halogens is 1. The molecule has 0 bridgehead atoms. The van der Waals surface area contributed by atoms with E-state index in [1.165, 1.54) is 6.42 Å². The maximum Gasteiger partial charge on any atom is 0.126 e. The molecular formula is C18H29FN2. The summed E-state index contributed by atoms with van der Waals surface area (Å²) in [5.74, 6) is 0.603. The Morgan fingerprint density at radius 3 is 2.67 bits per heavy atom. The van der Waals surface area contributed by atoms with Crippen molar-refractivity contribution in [3.8, 4) is 0 Å². The zero-order chi connectivity index (χ0) is 15.6. The molecular weight excluding hydrogens is 263 g/mol. The topological polar surface area (TPSA) is 15.3 Å². The molecule has 1 aromatic rings. The molecule has 2 rings (SSSR count). The first-order valence-corrected chi connectivity index (χ1v) is 8.13. The molecule has 0 saturated carbocycles. The molecule has 3 heteroatoms. The van der Waals surface area contributed by atoms with Gasteiger partial charge in [-0.25, -0.2) is 4.39 Å². The van der Waals surface area contributed by atoms with Crippen LogP contribution in [0, 0.1) is 18.7 Å². The van der Waals surface area contributed by atoms with E-state index in [4.69, 9.17) is 0 Å². The van der Waals surface area contributed by atoms with Gasteiger partial charge in [0, 0.05) is 31.2 Å². The number of nitrogens with zero attached hydrogens (tertiary/aromatic N) is 1. The number of benzene rings is 1. The van der Waals surface area contributed by atoms with Crippen molar-refractivity contribution in [3.63, 3.8) is 0 Å².